The van der Waals surface area contributed by atoms with Crippen LogP contribution in [0.1, 0.15) is 42.0 Å². The van der Waals surface area contributed by atoms with Gasteiger partial charge in [-0.15, -0.1) is 0 Å². The Morgan fingerprint density at radius 2 is 2.14 bits per heavy atom. The van der Waals surface area contributed by atoms with Gasteiger partial charge in [0.15, 0.2) is 5.82 Å². The van der Waals surface area contributed by atoms with Crippen LogP contribution < -0.4 is 11.1 Å². The van der Waals surface area contributed by atoms with Crippen molar-refractivity contribution >= 4 is 5.91 Å². The highest BCUT2D eigenvalue weighted by Gasteiger charge is 2.36. The molecule has 7 heteroatoms. The lowest BCUT2D eigenvalue weighted by atomic mass is 9.99. The first-order chi connectivity index (χ1) is 10.1. The number of nitrogens with two attached hydrogens (primary N) is 1. The van der Waals surface area contributed by atoms with Gasteiger partial charge in [-0.05, 0) is 25.0 Å². The Morgan fingerprint density at radius 3 is 2.76 bits per heavy atom. The average molecular weight is 287 g/mol. The zero-order chi connectivity index (χ0) is 14.9. The smallest absolute Gasteiger partial charge is 0.269 e. The van der Waals surface area contributed by atoms with Gasteiger partial charge in [-0.2, -0.15) is 4.98 Å². The standard InChI is InChI=1S/C14H17N5O2/c1-16-11(20)10-5-4-9(8-17-10)12-18-13(19-21-12)14(15)6-2-3-7-14/h4-5,8H,2-3,6-7,15H2,1H3,(H,16,20). The maximum absolute atomic E-state index is 11.4. The van der Waals surface area contributed by atoms with Crippen molar-refractivity contribution in [1.82, 2.24) is 20.4 Å². The molecule has 0 atom stereocenters. The molecule has 3 rings (SSSR count). The van der Waals surface area contributed by atoms with Gasteiger partial charge < -0.3 is 15.6 Å². The third-order valence-corrected chi connectivity index (χ3v) is 3.84. The van der Waals surface area contributed by atoms with E-state index >= 15 is 0 Å². The molecule has 7 nitrogen and oxygen atoms in total. The number of nitrogens with one attached hydrogen (secondary N) is 1. The average Bonchev–Trinajstić information content (AvgIpc) is 3.16. The summed E-state index contributed by atoms with van der Waals surface area (Å²) in [7, 11) is 1.56. The van der Waals surface area contributed by atoms with Crippen molar-refractivity contribution in [3.63, 3.8) is 0 Å². The molecule has 1 aliphatic rings. The molecule has 2 heterocycles. The maximum atomic E-state index is 11.4. The zero-order valence-corrected chi connectivity index (χ0v) is 11.8. The summed E-state index contributed by atoms with van der Waals surface area (Å²) in [5.74, 6) is 0.683. The molecule has 110 valence electrons. The van der Waals surface area contributed by atoms with E-state index in [0.29, 0.717) is 23.0 Å². The van der Waals surface area contributed by atoms with Gasteiger partial charge in [0, 0.05) is 13.2 Å². The number of amides is 1. The van der Waals surface area contributed by atoms with Gasteiger partial charge in [-0.25, -0.2) is 0 Å². The quantitative estimate of drug-likeness (QED) is 0.879. The van der Waals surface area contributed by atoms with Gasteiger partial charge in [0.25, 0.3) is 11.8 Å². The number of hydrogen-bond acceptors (Lipinski definition) is 6. The van der Waals surface area contributed by atoms with E-state index in [9.17, 15) is 4.79 Å². The fourth-order valence-corrected chi connectivity index (χ4v) is 2.56. The Bertz CT molecular complexity index is 644. The van der Waals surface area contributed by atoms with Gasteiger partial charge in [0.05, 0.1) is 11.1 Å². The summed E-state index contributed by atoms with van der Waals surface area (Å²) in [6.45, 7) is 0. The van der Waals surface area contributed by atoms with Gasteiger partial charge in [-0.1, -0.05) is 18.0 Å². The molecule has 0 saturated heterocycles. The molecule has 3 N–H and O–H groups in total. The van der Waals surface area contributed by atoms with Crippen molar-refractivity contribution in [2.75, 3.05) is 7.05 Å². The summed E-state index contributed by atoms with van der Waals surface area (Å²) >= 11 is 0. The zero-order valence-electron chi connectivity index (χ0n) is 11.8. The normalized spacial score (nSPS) is 16.9. The molecule has 1 fully saturated rings. The summed E-state index contributed by atoms with van der Waals surface area (Å²) in [6, 6.07) is 3.35. The predicted octanol–water partition coefficient (Wildman–Crippen LogP) is 1.22. The highest BCUT2D eigenvalue weighted by molar-refractivity contribution is 5.92. The predicted molar refractivity (Wildman–Crippen MR) is 75.3 cm³/mol. The van der Waals surface area contributed by atoms with E-state index in [2.05, 4.69) is 20.4 Å². The molecule has 2 aromatic rings. The Kier molecular flexibility index (Phi) is 3.42. The first-order valence-electron chi connectivity index (χ1n) is 6.94. The maximum Gasteiger partial charge on any atom is 0.269 e. The fourth-order valence-electron chi connectivity index (χ4n) is 2.56. The van der Waals surface area contributed by atoms with Gasteiger partial charge >= 0.3 is 0 Å². The van der Waals surface area contributed by atoms with Crippen molar-refractivity contribution in [2.45, 2.75) is 31.2 Å². The van der Waals surface area contributed by atoms with E-state index < -0.39 is 5.54 Å². The van der Waals surface area contributed by atoms with Gasteiger partial charge in [0.2, 0.25) is 0 Å². The Hall–Kier alpha value is -2.28. The lowest BCUT2D eigenvalue weighted by Crippen LogP contribution is -2.34. The van der Waals surface area contributed by atoms with Crippen molar-refractivity contribution < 1.29 is 9.32 Å². The Morgan fingerprint density at radius 1 is 1.38 bits per heavy atom. The van der Waals surface area contributed by atoms with E-state index in [1.807, 2.05) is 0 Å². The van der Waals surface area contributed by atoms with E-state index in [1.54, 1.807) is 25.4 Å². The van der Waals surface area contributed by atoms with Crippen LogP contribution in [0.5, 0.6) is 0 Å². The second kappa shape index (κ2) is 5.25. The third kappa shape index (κ3) is 2.52. The topological polar surface area (TPSA) is 107 Å². The fraction of sp³-hybridized carbons (Fsp3) is 0.429. The number of carbonyl (C=O) groups excluding carboxylic acids is 1. The number of aromatic nitrogens is 3. The van der Waals surface area contributed by atoms with Crippen LogP contribution in [0, 0.1) is 0 Å². The molecular formula is C14H17N5O2. The number of pyridine rings is 1. The lowest BCUT2D eigenvalue weighted by molar-refractivity contribution is 0.0958. The second-order valence-electron chi connectivity index (χ2n) is 5.30. The van der Waals surface area contributed by atoms with Crippen LogP contribution in [0.15, 0.2) is 22.9 Å². The van der Waals surface area contributed by atoms with Crippen LogP contribution in [0.2, 0.25) is 0 Å². The van der Waals surface area contributed by atoms with E-state index in [1.165, 1.54) is 0 Å². The molecule has 0 radical (unpaired) electrons. The van der Waals surface area contributed by atoms with E-state index in [0.717, 1.165) is 25.7 Å². The van der Waals surface area contributed by atoms with Crippen molar-refractivity contribution in [2.24, 2.45) is 5.73 Å². The first kappa shape index (κ1) is 13.7. The van der Waals surface area contributed by atoms with Gasteiger partial charge in [0.1, 0.15) is 5.69 Å². The molecule has 2 aromatic heterocycles. The summed E-state index contributed by atoms with van der Waals surface area (Å²) < 4.78 is 5.27. The number of hydrogen-bond donors (Lipinski definition) is 2. The second-order valence-corrected chi connectivity index (χ2v) is 5.30. The highest BCUT2D eigenvalue weighted by atomic mass is 16.5. The lowest BCUT2D eigenvalue weighted by Gasteiger charge is -2.17. The molecule has 1 amide bonds. The van der Waals surface area contributed by atoms with Crippen molar-refractivity contribution in [3.05, 3.63) is 29.8 Å². The van der Waals surface area contributed by atoms with Crippen LogP contribution in [-0.4, -0.2) is 28.1 Å². The van der Waals surface area contributed by atoms with E-state index in [-0.39, 0.29) is 5.91 Å². The summed E-state index contributed by atoms with van der Waals surface area (Å²) in [4.78, 5) is 19.9. The third-order valence-electron chi connectivity index (χ3n) is 3.84. The number of carbonyl (C=O) groups is 1. The van der Waals surface area contributed by atoms with E-state index in [4.69, 9.17) is 10.3 Å². The first-order valence-corrected chi connectivity index (χ1v) is 6.94. The molecule has 0 unspecified atom stereocenters. The van der Waals surface area contributed by atoms with Crippen LogP contribution in [0.25, 0.3) is 11.5 Å². The van der Waals surface area contributed by atoms with Crippen molar-refractivity contribution in [3.8, 4) is 11.5 Å². The minimum Gasteiger partial charge on any atom is -0.354 e. The molecular weight excluding hydrogens is 270 g/mol. The minimum atomic E-state index is -0.475. The Labute approximate surface area is 121 Å². The number of rotatable bonds is 3. The molecule has 0 bridgehead atoms. The molecule has 1 saturated carbocycles. The molecule has 0 aliphatic heterocycles. The van der Waals surface area contributed by atoms with Gasteiger partial charge in [-0.3, -0.25) is 9.78 Å². The van der Waals surface area contributed by atoms with Crippen LogP contribution in [-0.2, 0) is 5.54 Å². The molecule has 0 aromatic carbocycles. The summed E-state index contributed by atoms with van der Waals surface area (Å²) in [5, 5.41) is 6.52. The Balaban J connectivity index is 1.84. The monoisotopic (exact) mass is 287 g/mol. The molecule has 21 heavy (non-hydrogen) atoms. The molecule has 1 aliphatic carbocycles. The van der Waals surface area contributed by atoms with Crippen LogP contribution in [0.3, 0.4) is 0 Å². The SMILES string of the molecule is CNC(=O)c1ccc(-c2nc(C3(N)CCCC3)no2)cn1. The van der Waals surface area contributed by atoms with Crippen molar-refractivity contribution in [1.29, 1.82) is 0 Å². The number of nitrogens with zero attached hydrogens (tertiary/aromatic N) is 3. The summed E-state index contributed by atoms with van der Waals surface area (Å²) in [5.41, 5.74) is 6.83. The highest BCUT2D eigenvalue weighted by Crippen LogP contribution is 2.35. The van der Waals surface area contributed by atoms with Crippen LogP contribution >= 0.6 is 0 Å². The van der Waals surface area contributed by atoms with Crippen LogP contribution in [0.4, 0.5) is 0 Å². The largest absolute Gasteiger partial charge is 0.354 e. The summed E-state index contributed by atoms with van der Waals surface area (Å²) in [6.07, 6.45) is 5.46. The minimum absolute atomic E-state index is 0.236. The molecule has 0 spiro atoms.